The Hall–Kier alpha value is -2.73. The minimum absolute atomic E-state index is 0.115. The molecule has 32 heavy (non-hydrogen) atoms. The van der Waals surface area contributed by atoms with Crippen molar-refractivity contribution in [3.05, 3.63) is 99.0 Å². The van der Waals surface area contributed by atoms with Gasteiger partial charge in [0, 0.05) is 21.9 Å². The van der Waals surface area contributed by atoms with Gasteiger partial charge in [0.1, 0.15) is 5.76 Å². The van der Waals surface area contributed by atoms with Gasteiger partial charge in [0.05, 0.1) is 15.6 Å². The van der Waals surface area contributed by atoms with Crippen molar-refractivity contribution < 1.29 is 14.7 Å². The first-order valence-electron chi connectivity index (χ1n) is 9.95. The zero-order valence-electron chi connectivity index (χ0n) is 16.9. The van der Waals surface area contributed by atoms with Crippen LogP contribution in [0, 0.1) is 0 Å². The lowest BCUT2D eigenvalue weighted by atomic mass is 10.0. The summed E-state index contributed by atoms with van der Waals surface area (Å²) in [7, 11) is 0. The molecule has 1 aliphatic heterocycles. The number of hydrogen-bond acceptors (Lipinski definition) is 4. The molecule has 1 amide bonds. The standard InChI is InChI=1S/C25H19Cl2NO3S/c26-20-12-9-16(13-21(20)27)6-5-15-7-10-17(11-8-15)28-25(31)24(30)19-14-32-22-4-2-1-3-18(22)23(19)29/h1-4,7-13,29H,5-6,14H2,(H,28,31). The molecule has 3 aromatic rings. The van der Waals surface area contributed by atoms with Crippen LogP contribution in [0.4, 0.5) is 5.69 Å². The summed E-state index contributed by atoms with van der Waals surface area (Å²) in [6.07, 6.45) is 1.59. The second-order valence-corrected chi connectivity index (χ2v) is 9.17. The number of Topliss-reactive ketones (excluding diaryl/α,β-unsaturated/α-hetero) is 1. The van der Waals surface area contributed by atoms with Gasteiger partial charge in [-0.1, -0.05) is 59.6 Å². The van der Waals surface area contributed by atoms with E-state index in [1.807, 2.05) is 36.4 Å². The lowest BCUT2D eigenvalue weighted by molar-refractivity contribution is -0.132. The van der Waals surface area contributed by atoms with Crippen LogP contribution in [0.15, 0.2) is 77.2 Å². The number of carbonyl (C=O) groups excluding carboxylic acids is 2. The van der Waals surface area contributed by atoms with E-state index in [0.29, 0.717) is 21.3 Å². The maximum absolute atomic E-state index is 12.6. The lowest BCUT2D eigenvalue weighted by Gasteiger charge is -2.18. The average Bonchev–Trinajstić information content (AvgIpc) is 2.81. The number of anilines is 1. The third-order valence-electron chi connectivity index (χ3n) is 5.18. The van der Waals surface area contributed by atoms with E-state index in [9.17, 15) is 14.7 Å². The number of halogens is 2. The topological polar surface area (TPSA) is 66.4 Å². The van der Waals surface area contributed by atoms with Gasteiger partial charge in [-0.2, -0.15) is 0 Å². The van der Waals surface area contributed by atoms with E-state index in [1.165, 1.54) is 11.8 Å². The highest BCUT2D eigenvalue weighted by Crippen LogP contribution is 2.36. The molecule has 0 saturated carbocycles. The maximum Gasteiger partial charge on any atom is 0.296 e. The highest BCUT2D eigenvalue weighted by atomic mass is 35.5. The molecule has 0 saturated heterocycles. The van der Waals surface area contributed by atoms with Gasteiger partial charge in [0.2, 0.25) is 0 Å². The molecule has 0 aliphatic carbocycles. The summed E-state index contributed by atoms with van der Waals surface area (Å²) in [5, 5.41) is 14.2. The number of ketones is 1. The van der Waals surface area contributed by atoms with E-state index in [2.05, 4.69) is 5.32 Å². The molecule has 0 aromatic heterocycles. The number of hydrogen-bond donors (Lipinski definition) is 2. The van der Waals surface area contributed by atoms with Gasteiger partial charge in [0.25, 0.3) is 11.7 Å². The van der Waals surface area contributed by atoms with Crippen LogP contribution in [0.25, 0.3) is 5.76 Å². The molecule has 3 aromatic carbocycles. The van der Waals surface area contributed by atoms with E-state index < -0.39 is 11.7 Å². The van der Waals surface area contributed by atoms with Crippen LogP contribution in [0.2, 0.25) is 10.0 Å². The number of thioether (sulfide) groups is 1. The second kappa shape index (κ2) is 9.82. The zero-order valence-corrected chi connectivity index (χ0v) is 19.2. The molecule has 1 aliphatic rings. The van der Waals surface area contributed by atoms with Gasteiger partial charge in [0.15, 0.2) is 0 Å². The van der Waals surface area contributed by atoms with Crippen LogP contribution in [0.1, 0.15) is 16.7 Å². The number of carbonyl (C=O) groups is 2. The van der Waals surface area contributed by atoms with Gasteiger partial charge in [-0.25, -0.2) is 0 Å². The van der Waals surface area contributed by atoms with Crippen LogP contribution in [0.3, 0.4) is 0 Å². The molecule has 0 spiro atoms. The Kier molecular flexibility index (Phi) is 6.89. The largest absolute Gasteiger partial charge is 0.507 e. The number of benzene rings is 3. The van der Waals surface area contributed by atoms with E-state index in [4.69, 9.17) is 23.2 Å². The van der Waals surface area contributed by atoms with Gasteiger partial charge in [-0.05, 0) is 54.3 Å². The Morgan fingerprint density at radius 2 is 1.59 bits per heavy atom. The molecule has 0 atom stereocenters. The van der Waals surface area contributed by atoms with Crippen molar-refractivity contribution in [3.8, 4) is 0 Å². The first kappa shape index (κ1) is 22.5. The predicted octanol–water partition coefficient (Wildman–Crippen LogP) is 6.36. The van der Waals surface area contributed by atoms with Crippen LogP contribution in [-0.2, 0) is 22.4 Å². The first-order valence-corrected chi connectivity index (χ1v) is 11.7. The minimum atomic E-state index is -0.768. The normalized spacial score (nSPS) is 12.9. The number of amides is 1. The minimum Gasteiger partial charge on any atom is -0.507 e. The van der Waals surface area contributed by atoms with Gasteiger partial charge in [-0.3, -0.25) is 9.59 Å². The summed E-state index contributed by atoms with van der Waals surface area (Å²) in [6.45, 7) is 0. The highest BCUT2D eigenvalue weighted by Gasteiger charge is 2.28. The SMILES string of the molecule is O=C(Nc1ccc(CCc2ccc(Cl)c(Cl)c2)cc1)C(=O)C1=C(O)c2ccccc2SC1. The second-order valence-electron chi connectivity index (χ2n) is 7.34. The summed E-state index contributed by atoms with van der Waals surface area (Å²) < 4.78 is 0. The van der Waals surface area contributed by atoms with Gasteiger partial charge < -0.3 is 10.4 Å². The molecule has 4 nitrogen and oxygen atoms in total. The fourth-order valence-electron chi connectivity index (χ4n) is 3.41. The molecule has 0 radical (unpaired) electrons. The van der Waals surface area contributed by atoms with E-state index >= 15 is 0 Å². The molecule has 7 heteroatoms. The van der Waals surface area contributed by atoms with Gasteiger partial charge >= 0.3 is 0 Å². The van der Waals surface area contributed by atoms with Crippen molar-refractivity contribution in [2.75, 3.05) is 11.1 Å². The van der Waals surface area contributed by atoms with Crippen LogP contribution >= 0.6 is 35.0 Å². The van der Waals surface area contributed by atoms with Crippen molar-refractivity contribution >= 4 is 58.1 Å². The molecule has 4 rings (SSSR count). The summed E-state index contributed by atoms with van der Waals surface area (Å²) >= 11 is 13.4. The number of aryl methyl sites for hydroxylation is 2. The molecular formula is C25H19Cl2NO3S. The Morgan fingerprint density at radius 1 is 0.906 bits per heavy atom. The summed E-state index contributed by atoms with van der Waals surface area (Å²) in [5.74, 6) is -1.37. The summed E-state index contributed by atoms with van der Waals surface area (Å²) in [4.78, 5) is 26.0. The lowest BCUT2D eigenvalue weighted by Crippen LogP contribution is -2.27. The van der Waals surface area contributed by atoms with Crippen molar-refractivity contribution in [3.63, 3.8) is 0 Å². The quantitative estimate of drug-likeness (QED) is 0.400. The molecule has 2 N–H and O–H groups in total. The maximum atomic E-state index is 12.6. The van der Waals surface area contributed by atoms with Crippen molar-refractivity contribution in [1.82, 2.24) is 0 Å². The van der Waals surface area contributed by atoms with E-state index in [1.54, 1.807) is 30.3 Å². The number of nitrogens with one attached hydrogen (secondary N) is 1. The number of rotatable bonds is 6. The van der Waals surface area contributed by atoms with Crippen LogP contribution in [0.5, 0.6) is 0 Å². The molecule has 0 fully saturated rings. The molecule has 0 unspecified atom stereocenters. The van der Waals surface area contributed by atoms with Crippen LogP contribution < -0.4 is 5.32 Å². The Bertz CT molecular complexity index is 1220. The van der Waals surface area contributed by atoms with Crippen LogP contribution in [-0.4, -0.2) is 22.5 Å². The third kappa shape index (κ3) is 5.01. The molecule has 0 bridgehead atoms. The Balaban J connectivity index is 1.38. The molecule has 162 valence electrons. The van der Waals surface area contributed by atoms with E-state index in [-0.39, 0.29) is 17.1 Å². The van der Waals surface area contributed by atoms with Crippen molar-refractivity contribution in [1.29, 1.82) is 0 Å². The third-order valence-corrected chi connectivity index (χ3v) is 7.02. The zero-order chi connectivity index (χ0) is 22.7. The molecule has 1 heterocycles. The smallest absolute Gasteiger partial charge is 0.296 e. The fraction of sp³-hybridized carbons (Fsp3) is 0.120. The molecular weight excluding hydrogens is 465 g/mol. The highest BCUT2D eigenvalue weighted by molar-refractivity contribution is 7.99. The predicted molar refractivity (Wildman–Crippen MR) is 131 cm³/mol. The number of aliphatic hydroxyl groups is 1. The van der Waals surface area contributed by atoms with Gasteiger partial charge in [-0.15, -0.1) is 11.8 Å². The number of fused-ring (bicyclic) bond motifs is 1. The monoisotopic (exact) mass is 483 g/mol. The van der Waals surface area contributed by atoms with Crippen molar-refractivity contribution in [2.45, 2.75) is 17.7 Å². The van der Waals surface area contributed by atoms with Crippen molar-refractivity contribution in [2.24, 2.45) is 0 Å². The van der Waals surface area contributed by atoms with E-state index in [0.717, 1.165) is 28.9 Å². The first-order chi connectivity index (χ1) is 15.4. The Morgan fingerprint density at radius 3 is 2.34 bits per heavy atom. The average molecular weight is 484 g/mol. The Labute approximate surface area is 200 Å². The fourth-order valence-corrected chi connectivity index (χ4v) is 4.79. The summed E-state index contributed by atoms with van der Waals surface area (Å²) in [5.41, 5.74) is 3.38. The number of aliphatic hydroxyl groups excluding tert-OH is 1. The summed E-state index contributed by atoms with van der Waals surface area (Å²) in [6, 6.07) is 20.2.